The molecule has 4 heteroatoms. The van der Waals surface area contributed by atoms with Crippen molar-refractivity contribution in [2.75, 3.05) is 20.3 Å². The van der Waals surface area contributed by atoms with Gasteiger partial charge in [-0.3, -0.25) is 0 Å². The van der Waals surface area contributed by atoms with Crippen LogP contribution >= 0.6 is 0 Å². The van der Waals surface area contributed by atoms with E-state index >= 15 is 0 Å². The molecule has 2 N–H and O–H groups in total. The van der Waals surface area contributed by atoms with Gasteiger partial charge in [-0.2, -0.15) is 0 Å². The van der Waals surface area contributed by atoms with Crippen LogP contribution in [0.2, 0.25) is 0 Å². The van der Waals surface area contributed by atoms with E-state index in [1.807, 2.05) is 12.1 Å². The Hall–Kier alpha value is -1.10. The third-order valence-corrected chi connectivity index (χ3v) is 3.78. The Morgan fingerprint density at radius 1 is 1.15 bits per heavy atom. The van der Waals surface area contributed by atoms with Crippen molar-refractivity contribution in [2.45, 2.75) is 44.4 Å². The molecule has 1 aromatic carbocycles. The van der Waals surface area contributed by atoms with Gasteiger partial charge in [-0.05, 0) is 30.5 Å². The van der Waals surface area contributed by atoms with Gasteiger partial charge in [-0.1, -0.05) is 25.0 Å². The Morgan fingerprint density at radius 3 is 2.60 bits per heavy atom. The zero-order valence-corrected chi connectivity index (χ0v) is 12.2. The molecule has 0 aromatic heterocycles. The van der Waals surface area contributed by atoms with Crippen molar-refractivity contribution >= 4 is 0 Å². The first-order valence-electron chi connectivity index (χ1n) is 7.41. The highest BCUT2D eigenvalue weighted by molar-refractivity contribution is 5.27. The van der Waals surface area contributed by atoms with E-state index in [1.54, 1.807) is 7.11 Å². The van der Waals surface area contributed by atoms with Crippen molar-refractivity contribution < 1.29 is 14.6 Å². The molecule has 4 nitrogen and oxygen atoms in total. The number of methoxy groups -OCH3 is 1. The zero-order chi connectivity index (χ0) is 14.2. The molecule has 0 amide bonds. The van der Waals surface area contributed by atoms with Crippen molar-refractivity contribution in [1.82, 2.24) is 5.32 Å². The maximum atomic E-state index is 9.92. The van der Waals surface area contributed by atoms with Crippen LogP contribution in [-0.4, -0.2) is 37.6 Å². The van der Waals surface area contributed by atoms with Crippen LogP contribution in [0.4, 0.5) is 0 Å². The Bertz CT molecular complexity index is 380. The second-order valence-electron chi connectivity index (χ2n) is 5.32. The molecule has 112 valence electrons. The number of hydrogen-bond acceptors (Lipinski definition) is 4. The van der Waals surface area contributed by atoms with E-state index in [0.717, 1.165) is 31.6 Å². The third-order valence-electron chi connectivity index (χ3n) is 3.78. The van der Waals surface area contributed by atoms with Crippen molar-refractivity contribution in [3.63, 3.8) is 0 Å². The van der Waals surface area contributed by atoms with Gasteiger partial charge in [0, 0.05) is 19.7 Å². The summed E-state index contributed by atoms with van der Waals surface area (Å²) in [5.41, 5.74) is 1.21. The summed E-state index contributed by atoms with van der Waals surface area (Å²) < 4.78 is 10.5. The van der Waals surface area contributed by atoms with Gasteiger partial charge in [-0.15, -0.1) is 0 Å². The normalized spacial score (nSPS) is 22.7. The van der Waals surface area contributed by atoms with Crippen LogP contribution in [0.25, 0.3) is 0 Å². The molecule has 0 aliphatic heterocycles. The average molecular weight is 279 g/mol. The molecule has 1 aliphatic rings. The van der Waals surface area contributed by atoms with Crippen LogP contribution < -0.4 is 10.1 Å². The second-order valence-corrected chi connectivity index (χ2v) is 5.32. The minimum atomic E-state index is -0.194. The molecule has 0 bridgehead atoms. The predicted octanol–water partition coefficient (Wildman–Crippen LogP) is 2.10. The number of aliphatic hydroxyl groups excluding tert-OH is 1. The van der Waals surface area contributed by atoms with E-state index in [1.165, 1.54) is 12.0 Å². The molecule has 1 saturated carbocycles. The summed E-state index contributed by atoms with van der Waals surface area (Å²) >= 11 is 0. The quantitative estimate of drug-likeness (QED) is 0.751. The summed E-state index contributed by atoms with van der Waals surface area (Å²) in [5, 5.41) is 13.4. The van der Waals surface area contributed by atoms with Gasteiger partial charge in [-0.25, -0.2) is 0 Å². The number of benzene rings is 1. The van der Waals surface area contributed by atoms with Crippen molar-refractivity contribution in [2.24, 2.45) is 0 Å². The molecule has 20 heavy (non-hydrogen) atoms. The average Bonchev–Trinajstić information content (AvgIpc) is 2.48. The third kappa shape index (κ3) is 4.78. The highest BCUT2D eigenvalue weighted by atomic mass is 16.5. The molecule has 0 saturated heterocycles. The second kappa shape index (κ2) is 8.25. The molecule has 1 aromatic rings. The molecule has 0 radical (unpaired) electrons. The van der Waals surface area contributed by atoms with E-state index in [-0.39, 0.29) is 12.1 Å². The van der Waals surface area contributed by atoms with Crippen LogP contribution in [0.15, 0.2) is 24.3 Å². The number of ether oxygens (including phenoxy) is 2. The Kier molecular flexibility index (Phi) is 6.30. The van der Waals surface area contributed by atoms with E-state index in [0.29, 0.717) is 13.2 Å². The van der Waals surface area contributed by atoms with E-state index < -0.39 is 0 Å². The smallest absolute Gasteiger partial charge is 0.119 e. The maximum Gasteiger partial charge on any atom is 0.119 e. The summed E-state index contributed by atoms with van der Waals surface area (Å²) in [6.45, 7) is 1.96. The maximum absolute atomic E-state index is 9.92. The number of hydrogen-bond donors (Lipinski definition) is 2. The number of aliphatic hydroxyl groups is 1. The van der Waals surface area contributed by atoms with Gasteiger partial charge >= 0.3 is 0 Å². The fraction of sp³-hybridized carbons (Fsp3) is 0.625. The summed E-state index contributed by atoms with van der Waals surface area (Å²) in [6.07, 6.45) is 4.15. The van der Waals surface area contributed by atoms with Crippen LogP contribution in [0.5, 0.6) is 5.75 Å². The Balaban J connectivity index is 1.75. The van der Waals surface area contributed by atoms with Gasteiger partial charge in [0.25, 0.3) is 0 Å². The predicted molar refractivity (Wildman–Crippen MR) is 78.9 cm³/mol. The van der Waals surface area contributed by atoms with Gasteiger partial charge < -0.3 is 19.9 Å². The molecule has 2 rings (SSSR count). The van der Waals surface area contributed by atoms with Crippen molar-refractivity contribution in [3.05, 3.63) is 29.8 Å². The minimum absolute atomic E-state index is 0.194. The van der Waals surface area contributed by atoms with E-state index in [2.05, 4.69) is 17.4 Å². The summed E-state index contributed by atoms with van der Waals surface area (Å²) in [6, 6.07) is 8.31. The van der Waals surface area contributed by atoms with Crippen LogP contribution in [0, 0.1) is 0 Å². The van der Waals surface area contributed by atoms with Gasteiger partial charge in [0.1, 0.15) is 12.4 Å². The molecule has 1 aliphatic carbocycles. The Labute approximate surface area is 121 Å². The van der Waals surface area contributed by atoms with Gasteiger partial charge in [0.15, 0.2) is 0 Å². The number of nitrogens with one attached hydrogen (secondary N) is 1. The molecule has 0 heterocycles. The lowest BCUT2D eigenvalue weighted by Gasteiger charge is -2.28. The van der Waals surface area contributed by atoms with Crippen LogP contribution in [-0.2, 0) is 11.3 Å². The van der Waals surface area contributed by atoms with Crippen LogP contribution in [0.3, 0.4) is 0 Å². The lowest BCUT2D eigenvalue weighted by atomic mass is 9.92. The summed E-state index contributed by atoms with van der Waals surface area (Å²) in [5.74, 6) is 0.864. The summed E-state index contributed by atoms with van der Waals surface area (Å²) in [4.78, 5) is 0. The summed E-state index contributed by atoms with van der Waals surface area (Å²) in [7, 11) is 1.66. The molecule has 0 spiro atoms. The van der Waals surface area contributed by atoms with Crippen LogP contribution in [0.1, 0.15) is 31.2 Å². The topological polar surface area (TPSA) is 50.7 Å². The molecule has 2 atom stereocenters. The lowest BCUT2D eigenvalue weighted by molar-refractivity contribution is 0.0902. The molecule has 0 unspecified atom stereocenters. The fourth-order valence-electron chi connectivity index (χ4n) is 2.54. The standard InChI is InChI=1S/C16H25NO3/c1-19-10-11-20-14-8-6-13(7-9-14)12-17-15-4-2-3-5-16(15)18/h6-9,15-18H,2-5,10-12H2,1H3/t15-,16-/m1/s1. The van der Waals surface area contributed by atoms with Crippen molar-refractivity contribution in [3.8, 4) is 5.75 Å². The first-order chi connectivity index (χ1) is 9.79. The van der Waals surface area contributed by atoms with Gasteiger partial charge in [0.2, 0.25) is 0 Å². The SMILES string of the molecule is COCCOc1ccc(CN[C@@H]2CCCC[C@H]2O)cc1. The van der Waals surface area contributed by atoms with Gasteiger partial charge in [0.05, 0.1) is 12.7 Å². The molecule has 1 fully saturated rings. The largest absolute Gasteiger partial charge is 0.491 e. The highest BCUT2D eigenvalue weighted by Crippen LogP contribution is 2.19. The van der Waals surface area contributed by atoms with E-state index in [9.17, 15) is 5.11 Å². The number of rotatable bonds is 7. The first-order valence-corrected chi connectivity index (χ1v) is 7.41. The van der Waals surface area contributed by atoms with E-state index in [4.69, 9.17) is 9.47 Å². The highest BCUT2D eigenvalue weighted by Gasteiger charge is 2.21. The minimum Gasteiger partial charge on any atom is -0.491 e. The molecular formula is C16H25NO3. The Morgan fingerprint density at radius 2 is 1.90 bits per heavy atom. The first kappa shape index (κ1) is 15.3. The monoisotopic (exact) mass is 279 g/mol. The lowest BCUT2D eigenvalue weighted by Crippen LogP contribution is -2.41. The zero-order valence-electron chi connectivity index (χ0n) is 12.2. The van der Waals surface area contributed by atoms with Crippen molar-refractivity contribution in [1.29, 1.82) is 0 Å². The fourth-order valence-corrected chi connectivity index (χ4v) is 2.54. The molecular weight excluding hydrogens is 254 g/mol.